The molecule has 1 unspecified atom stereocenters. The van der Waals surface area contributed by atoms with Crippen LogP contribution in [0.15, 0.2) is 24.3 Å². The van der Waals surface area contributed by atoms with Crippen molar-refractivity contribution >= 4 is 28.3 Å². The van der Waals surface area contributed by atoms with Crippen LogP contribution in [0.5, 0.6) is 0 Å². The Balaban J connectivity index is 1.60. The second kappa shape index (κ2) is 10.3. The van der Waals surface area contributed by atoms with Gasteiger partial charge in [-0.25, -0.2) is 9.78 Å². The number of benzene rings is 1. The zero-order valence-electron chi connectivity index (χ0n) is 19.2. The van der Waals surface area contributed by atoms with E-state index in [1.54, 1.807) is 27.2 Å². The molecule has 1 aliphatic heterocycles. The van der Waals surface area contributed by atoms with Crippen LogP contribution in [0.4, 0.5) is 9.80 Å². The van der Waals surface area contributed by atoms with Gasteiger partial charge in [-0.2, -0.15) is 5.26 Å². The maximum Gasteiger partial charge on any atom is 0.325 e. The van der Waals surface area contributed by atoms with Crippen LogP contribution in [0.3, 0.4) is 0 Å². The lowest BCUT2D eigenvalue weighted by atomic mass is 10.1. The average molecular weight is 467 g/mol. The largest absolute Gasteiger partial charge is 0.469 e. The van der Waals surface area contributed by atoms with E-state index in [0.717, 1.165) is 27.7 Å². The summed E-state index contributed by atoms with van der Waals surface area (Å²) in [5.74, 6) is 0.119. The molecular weight excluding hydrogens is 436 g/mol. The van der Waals surface area contributed by atoms with E-state index in [-0.39, 0.29) is 17.9 Å². The smallest absolute Gasteiger partial charge is 0.325 e. The standard InChI is InChI=1S/C25H30N4O3S/c1-17-23(33-22(27-17)13-18-6-3-4-7-18)29(15-20-9-5-8-19(12-20)14-26)25(31)28-11-10-21(16-28)24(30)32-2/h5,8-9,12,18,21H,3-4,6-7,10-11,13,15-16H2,1-2H3. The summed E-state index contributed by atoms with van der Waals surface area (Å²) < 4.78 is 4.89. The van der Waals surface area contributed by atoms with E-state index in [0.29, 0.717) is 37.5 Å². The van der Waals surface area contributed by atoms with E-state index in [9.17, 15) is 14.9 Å². The zero-order valence-corrected chi connectivity index (χ0v) is 20.1. The molecule has 8 heteroatoms. The highest BCUT2D eigenvalue weighted by molar-refractivity contribution is 7.16. The minimum atomic E-state index is -0.289. The summed E-state index contributed by atoms with van der Waals surface area (Å²) >= 11 is 1.59. The van der Waals surface area contributed by atoms with Crippen molar-refractivity contribution in [2.75, 3.05) is 25.1 Å². The highest BCUT2D eigenvalue weighted by atomic mass is 32.1. The molecule has 2 aromatic rings. The lowest BCUT2D eigenvalue weighted by molar-refractivity contribution is -0.144. The molecule has 0 spiro atoms. The monoisotopic (exact) mass is 466 g/mol. The molecule has 0 bridgehead atoms. The zero-order chi connectivity index (χ0) is 23.4. The van der Waals surface area contributed by atoms with E-state index < -0.39 is 0 Å². The number of carbonyl (C=O) groups is 2. The van der Waals surface area contributed by atoms with Crippen LogP contribution in [0.1, 0.15) is 53.9 Å². The fraction of sp³-hybridized carbons (Fsp3) is 0.520. The van der Waals surface area contributed by atoms with Gasteiger partial charge in [0.05, 0.1) is 41.9 Å². The molecule has 33 heavy (non-hydrogen) atoms. The fourth-order valence-electron chi connectivity index (χ4n) is 4.85. The Morgan fingerprint density at radius 1 is 1.30 bits per heavy atom. The number of aromatic nitrogens is 1. The second-order valence-electron chi connectivity index (χ2n) is 8.99. The number of ether oxygens (including phenoxy) is 1. The van der Waals surface area contributed by atoms with Crippen molar-refractivity contribution in [3.8, 4) is 6.07 Å². The molecule has 2 heterocycles. The van der Waals surface area contributed by atoms with Gasteiger partial charge in [0.2, 0.25) is 0 Å². The lowest BCUT2D eigenvalue weighted by Gasteiger charge is -2.27. The third kappa shape index (κ3) is 5.36. The minimum Gasteiger partial charge on any atom is -0.469 e. The summed E-state index contributed by atoms with van der Waals surface area (Å²) in [4.78, 5) is 34.0. The van der Waals surface area contributed by atoms with Gasteiger partial charge in [0.1, 0.15) is 5.00 Å². The van der Waals surface area contributed by atoms with Gasteiger partial charge >= 0.3 is 12.0 Å². The first-order valence-corrected chi connectivity index (χ1v) is 12.4. The molecule has 2 amide bonds. The summed E-state index contributed by atoms with van der Waals surface area (Å²) in [5.41, 5.74) is 2.30. The molecule has 1 saturated carbocycles. The number of nitriles is 1. The normalized spacial score (nSPS) is 18.3. The van der Waals surface area contributed by atoms with Crippen molar-refractivity contribution in [3.05, 3.63) is 46.1 Å². The number of anilines is 1. The van der Waals surface area contributed by atoms with E-state index in [2.05, 4.69) is 6.07 Å². The number of likely N-dealkylation sites (tertiary alicyclic amines) is 1. The average Bonchev–Trinajstić information content (AvgIpc) is 3.59. The quantitative estimate of drug-likeness (QED) is 0.577. The number of urea groups is 1. The number of hydrogen-bond acceptors (Lipinski definition) is 6. The number of methoxy groups -OCH3 is 1. The lowest BCUT2D eigenvalue weighted by Crippen LogP contribution is -2.42. The van der Waals surface area contributed by atoms with Crippen molar-refractivity contribution in [3.63, 3.8) is 0 Å². The predicted octanol–water partition coefficient (Wildman–Crippen LogP) is 4.68. The predicted molar refractivity (Wildman–Crippen MR) is 127 cm³/mol. The first-order valence-electron chi connectivity index (χ1n) is 11.6. The van der Waals surface area contributed by atoms with Crippen LogP contribution in [-0.4, -0.2) is 42.1 Å². The number of amides is 2. The van der Waals surface area contributed by atoms with Crippen molar-refractivity contribution in [1.29, 1.82) is 5.26 Å². The number of rotatable bonds is 6. The Labute approximate surface area is 199 Å². The molecule has 1 saturated heterocycles. The second-order valence-corrected chi connectivity index (χ2v) is 10.1. The Morgan fingerprint density at radius 2 is 2.09 bits per heavy atom. The molecule has 0 N–H and O–H groups in total. The maximum atomic E-state index is 13.7. The number of carbonyl (C=O) groups excluding carboxylic acids is 2. The molecule has 2 fully saturated rings. The van der Waals surface area contributed by atoms with Crippen LogP contribution in [-0.2, 0) is 22.5 Å². The van der Waals surface area contributed by atoms with Crippen molar-refractivity contribution in [2.24, 2.45) is 11.8 Å². The number of esters is 1. The van der Waals surface area contributed by atoms with Crippen LogP contribution < -0.4 is 4.90 Å². The number of nitrogens with zero attached hydrogens (tertiary/aromatic N) is 4. The SMILES string of the molecule is COC(=O)C1CCN(C(=O)N(Cc2cccc(C#N)c2)c2sc(CC3CCCC3)nc2C)C1. The molecule has 1 aromatic carbocycles. The molecule has 2 aliphatic rings. The highest BCUT2D eigenvalue weighted by Gasteiger charge is 2.35. The number of aryl methyl sites for hydroxylation is 1. The van der Waals surface area contributed by atoms with Gasteiger partial charge in [0.25, 0.3) is 0 Å². The van der Waals surface area contributed by atoms with Crippen molar-refractivity contribution in [2.45, 2.75) is 52.0 Å². The summed E-state index contributed by atoms with van der Waals surface area (Å²) in [6, 6.07) is 9.38. The van der Waals surface area contributed by atoms with Crippen molar-refractivity contribution in [1.82, 2.24) is 9.88 Å². The van der Waals surface area contributed by atoms with E-state index in [1.807, 2.05) is 25.1 Å². The maximum absolute atomic E-state index is 13.7. The summed E-state index contributed by atoms with van der Waals surface area (Å²) in [6.07, 6.45) is 6.65. The molecule has 1 aromatic heterocycles. The van der Waals surface area contributed by atoms with E-state index in [1.165, 1.54) is 32.8 Å². The number of thiazole rings is 1. The summed E-state index contributed by atoms with van der Waals surface area (Å²) in [5, 5.41) is 11.2. The molecule has 174 valence electrons. The Bertz CT molecular complexity index is 1050. The van der Waals surface area contributed by atoms with Crippen LogP contribution in [0, 0.1) is 30.1 Å². The van der Waals surface area contributed by atoms with Gasteiger partial charge in [0, 0.05) is 19.5 Å². The third-order valence-electron chi connectivity index (χ3n) is 6.62. The van der Waals surface area contributed by atoms with Gasteiger partial charge in [-0.3, -0.25) is 9.69 Å². The van der Waals surface area contributed by atoms with Crippen LogP contribution >= 0.6 is 11.3 Å². The van der Waals surface area contributed by atoms with Gasteiger partial charge in [-0.1, -0.05) is 37.8 Å². The van der Waals surface area contributed by atoms with Gasteiger partial charge in [-0.15, -0.1) is 11.3 Å². The summed E-state index contributed by atoms with van der Waals surface area (Å²) in [7, 11) is 1.38. The molecule has 1 aliphatic carbocycles. The molecule has 4 rings (SSSR count). The fourth-order valence-corrected chi connectivity index (χ4v) is 6.03. The van der Waals surface area contributed by atoms with Gasteiger partial charge in [0.15, 0.2) is 0 Å². The van der Waals surface area contributed by atoms with E-state index >= 15 is 0 Å². The van der Waals surface area contributed by atoms with Gasteiger partial charge < -0.3 is 9.64 Å². The molecular formula is C25H30N4O3S. The minimum absolute atomic E-state index is 0.136. The Hall–Kier alpha value is -2.92. The van der Waals surface area contributed by atoms with Crippen LogP contribution in [0.2, 0.25) is 0 Å². The van der Waals surface area contributed by atoms with Crippen molar-refractivity contribution < 1.29 is 14.3 Å². The number of hydrogen-bond donors (Lipinski definition) is 0. The van der Waals surface area contributed by atoms with Crippen LogP contribution in [0.25, 0.3) is 0 Å². The topological polar surface area (TPSA) is 86.5 Å². The Kier molecular flexibility index (Phi) is 7.29. The first-order chi connectivity index (χ1) is 16.0. The molecule has 0 radical (unpaired) electrons. The summed E-state index contributed by atoms with van der Waals surface area (Å²) in [6.45, 7) is 3.17. The molecule has 1 atom stereocenters. The van der Waals surface area contributed by atoms with Gasteiger partial charge in [-0.05, 0) is 37.0 Å². The Morgan fingerprint density at radius 3 is 2.82 bits per heavy atom. The first kappa shape index (κ1) is 23.2. The van der Waals surface area contributed by atoms with E-state index in [4.69, 9.17) is 9.72 Å². The molecule has 7 nitrogen and oxygen atoms in total. The third-order valence-corrected chi connectivity index (χ3v) is 7.82. The highest BCUT2D eigenvalue weighted by Crippen LogP contribution is 2.35.